The largest absolute Gasteiger partial charge is 0.444 e. The topological polar surface area (TPSA) is 72.9 Å². The van der Waals surface area contributed by atoms with E-state index >= 15 is 0 Å². The number of benzene rings is 1. The number of rotatable bonds is 3. The molecule has 1 aliphatic heterocycles. The first-order chi connectivity index (χ1) is 11.4. The minimum absolute atomic E-state index is 0.289. The number of halogens is 1. The van der Waals surface area contributed by atoms with Gasteiger partial charge in [0.2, 0.25) is 0 Å². The van der Waals surface area contributed by atoms with Crippen LogP contribution in [0.25, 0.3) is 0 Å². The average Bonchev–Trinajstić information content (AvgIpc) is 2.44. The van der Waals surface area contributed by atoms with Gasteiger partial charge in [-0.2, -0.15) is 8.42 Å². The van der Waals surface area contributed by atoms with Crippen LogP contribution in [0.4, 0.5) is 9.18 Å². The van der Waals surface area contributed by atoms with E-state index in [1.54, 1.807) is 37.8 Å². The van der Waals surface area contributed by atoms with Gasteiger partial charge in [0.15, 0.2) is 0 Å². The molecule has 1 saturated heterocycles. The Balaban J connectivity index is 2.25. The standard InChI is InChI=1S/C17H24FNO5S/c1-17(2,3)23-16(20)19-10-9-14(24-25(4,21)22)11-15(19)12-5-7-13(18)8-6-12/h5-8,14-15H,9-11H2,1-4H3. The van der Waals surface area contributed by atoms with Crippen molar-refractivity contribution in [1.29, 1.82) is 0 Å². The minimum Gasteiger partial charge on any atom is -0.444 e. The third kappa shape index (κ3) is 5.97. The molecule has 0 saturated carbocycles. The van der Waals surface area contributed by atoms with E-state index in [-0.39, 0.29) is 18.8 Å². The second-order valence-corrected chi connectivity index (χ2v) is 8.79. The molecule has 2 unspecified atom stereocenters. The van der Waals surface area contributed by atoms with Crippen LogP contribution in [0.15, 0.2) is 24.3 Å². The summed E-state index contributed by atoms with van der Waals surface area (Å²) in [6.45, 7) is 5.61. The number of amides is 1. The summed E-state index contributed by atoms with van der Waals surface area (Å²) >= 11 is 0. The van der Waals surface area contributed by atoms with Crippen LogP contribution < -0.4 is 0 Å². The fraction of sp³-hybridized carbons (Fsp3) is 0.588. The molecular formula is C17H24FNO5S. The molecule has 1 aliphatic rings. The lowest BCUT2D eigenvalue weighted by Gasteiger charge is -2.39. The number of ether oxygens (including phenoxy) is 1. The van der Waals surface area contributed by atoms with Crippen LogP contribution in [0.1, 0.15) is 45.2 Å². The van der Waals surface area contributed by atoms with Gasteiger partial charge < -0.3 is 9.64 Å². The van der Waals surface area contributed by atoms with Crippen molar-refractivity contribution in [2.24, 2.45) is 0 Å². The minimum atomic E-state index is -3.60. The van der Waals surface area contributed by atoms with E-state index in [1.807, 2.05) is 0 Å². The highest BCUT2D eigenvalue weighted by atomic mass is 32.2. The maximum absolute atomic E-state index is 13.2. The zero-order chi connectivity index (χ0) is 18.8. The molecule has 1 heterocycles. The van der Waals surface area contributed by atoms with Crippen molar-refractivity contribution in [3.63, 3.8) is 0 Å². The van der Waals surface area contributed by atoms with E-state index in [4.69, 9.17) is 8.92 Å². The van der Waals surface area contributed by atoms with E-state index in [0.29, 0.717) is 12.0 Å². The molecule has 0 bridgehead atoms. The van der Waals surface area contributed by atoms with Gasteiger partial charge in [0.1, 0.15) is 11.4 Å². The summed E-state index contributed by atoms with van der Waals surface area (Å²) in [6.07, 6.45) is 0.644. The maximum atomic E-state index is 13.2. The lowest BCUT2D eigenvalue weighted by Crippen LogP contribution is -2.45. The summed E-state index contributed by atoms with van der Waals surface area (Å²) in [5.41, 5.74) is 0.0546. The summed E-state index contributed by atoms with van der Waals surface area (Å²) in [7, 11) is -3.60. The van der Waals surface area contributed by atoms with Crippen LogP contribution in [-0.4, -0.2) is 43.9 Å². The predicted molar refractivity (Wildman–Crippen MR) is 91.0 cm³/mol. The van der Waals surface area contributed by atoms with Gasteiger partial charge in [0.05, 0.1) is 18.4 Å². The van der Waals surface area contributed by atoms with Gasteiger partial charge in [-0.15, -0.1) is 0 Å². The number of carbonyl (C=O) groups excluding carboxylic acids is 1. The third-order valence-corrected chi connectivity index (χ3v) is 4.37. The highest BCUT2D eigenvalue weighted by Gasteiger charge is 2.36. The quantitative estimate of drug-likeness (QED) is 0.761. The first kappa shape index (κ1) is 19.7. The van der Waals surface area contributed by atoms with Crippen molar-refractivity contribution in [2.45, 2.75) is 51.4 Å². The molecule has 0 spiro atoms. The zero-order valence-electron chi connectivity index (χ0n) is 14.9. The van der Waals surface area contributed by atoms with Crippen molar-refractivity contribution in [2.75, 3.05) is 12.8 Å². The number of carbonyl (C=O) groups is 1. The van der Waals surface area contributed by atoms with Crippen molar-refractivity contribution in [1.82, 2.24) is 4.90 Å². The molecule has 1 aromatic rings. The first-order valence-electron chi connectivity index (χ1n) is 8.08. The van der Waals surface area contributed by atoms with Gasteiger partial charge in [-0.25, -0.2) is 9.18 Å². The van der Waals surface area contributed by atoms with Crippen LogP contribution in [0.3, 0.4) is 0 Å². The Morgan fingerprint density at radius 3 is 2.36 bits per heavy atom. The highest BCUT2D eigenvalue weighted by Crippen LogP contribution is 2.34. The van der Waals surface area contributed by atoms with Crippen molar-refractivity contribution < 1.29 is 26.5 Å². The highest BCUT2D eigenvalue weighted by molar-refractivity contribution is 7.86. The second-order valence-electron chi connectivity index (χ2n) is 7.19. The fourth-order valence-electron chi connectivity index (χ4n) is 2.81. The smallest absolute Gasteiger partial charge is 0.410 e. The molecule has 0 radical (unpaired) electrons. The van der Waals surface area contributed by atoms with Gasteiger partial charge in [-0.1, -0.05) is 12.1 Å². The van der Waals surface area contributed by atoms with E-state index in [1.165, 1.54) is 12.1 Å². The molecule has 25 heavy (non-hydrogen) atoms. The maximum Gasteiger partial charge on any atom is 0.410 e. The molecule has 1 aromatic carbocycles. The van der Waals surface area contributed by atoms with Gasteiger partial charge in [-0.3, -0.25) is 4.18 Å². The van der Waals surface area contributed by atoms with Crippen molar-refractivity contribution in [3.8, 4) is 0 Å². The Morgan fingerprint density at radius 2 is 1.84 bits per heavy atom. The Kier molecular flexibility index (Phi) is 5.73. The average molecular weight is 373 g/mol. The molecule has 2 atom stereocenters. The molecule has 140 valence electrons. The number of piperidine rings is 1. The SMILES string of the molecule is CC(C)(C)OC(=O)N1CCC(OS(C)(=O)=O)CC1c1ccc(F)cc1. The molecule has 0 aromatic heterocycles. The van der Waals surface area contributed by atoms with E-state index in [2.05, 4.69) is 0 Å². The molecule has 0 aliphatic carbocycles. The fourth-order valence-corrected chi connectivity index (χ4v) is 3.48. The van der Waals surface area contributed by atoms with Gasteiger partial charge in [0, 0.05) is 6.54 Å². The Hall–Kier alpha value is -1.67. The molecule has 0 N–H and O–H groups in total. The molecule has 1 amide bonds. The normalized spacial score (nSPS) is 21.9. The van der Waals surface area contributed by atoms with Crippen LogP contribution >= 0.6 is 0 Å². The summed E-state index contributed by atoms with van der Waals surface area (Å²) in [5.74, 6) is -0.382. The van der Waals surface area contributed by atoms with E-state index in [9.17, 15) is 17.6 Å². The molecule has 6 nitrogen and oxygen atoms in total. The lowest BCUT2D eigenvalue weighted by molar-refractivity contribution is -0.00362. The molecule has 1 fully saturated rings. The van der Waals surface area contributed by atoms with Gasteiger partial charge in [-0.05, 0) is 51.3 Å². The molecule has 8 heteroatoms. The van der Waals surface area contributed by atoms with Crippen molar-refractivity contribution >= 4 is 16.2 Å². The summed E-state index contributed by atoms with van der Waals surface area (Å²) in [4.78, 5) is 14.1. The summed E-state index contributed by atoms with van der Waals surface area (Å²) in [5, 5.41) is 0. The number of likely N-dealkylation sites (tertiary alicyclic amines) is 1. The Labute approximate surface area is 148 Å². The Morgan fingerprint density at radius 1 is 1.24 bits per heavy atom. The van der Waals surface area contributed by atoms with Gasteiger partial charge >= 0.3 is 6.09 Å². The van der Waals surface area contributed by atoms with E-state index in [0.717, 1.165) is 6.26 Å². The van der Waals surface area contributed by atoms with Crippen LogP contribution in [-0.2, 0) is 19.0 Å². The van der Waals surface area contributed by atoms with Gasteiger partial charge in [0.25, 0.3) is 10.1 Å². The number of hydrogen-bond acceptors (Lipinski definition) is 5. The lowest BCUT2D eigenvalue weighted by atomic mass is 9.94. The molecule has 2 rings (SSSR count). The predicted octanol–water partition coefficient (Wildman–Crippen LogP) is 3.24. The summed E-state index contributed by atoms with van der Waals surface area (Å²) in [6, 6.07) is 5.34. The van der Waals surface area contributed by atoms with Crippen LogP contribution in [0.2, 0.25) is 0 Å². The second kappa shape index (κ2) is 7.29. The third-order valence-electron chi connectivity index (χ3n) is 3.75. The molecular weight excluding hydrogens is 349 g/mol. The Bertz CT molecular complexity index is 712. The van der Waals surface area contributed by atoms with Crippen molar-refractivity contribution in [3.05, 3.63) is 35.6 Å². The zero-order valence-corrected chi connectivity index (χ0v) is 15.7. The monoisotopic (exact) mass is 373 g/mol. The summed E-state index contributed by atoms with van der Waals surface area (Å²) < 4.78 is 46.6. The first-order valence-corrected chi connectivity index (χ1v) is 9.89. The number of nitrogens with zero attached hydrogens (tertiary/aromatic N) is 1. The van der Waals surface area contributed by atoms with E-state index < -0.39 is 34.0 Å². The number of hydrogen-bond donors (Lipinski definition) is 0. The van der Waals surface area contributed by atoms with Crippen LogP contribution in [0.5, 0.6) is 0 Å². The van der Waals surface area contributed by atoms with Crippen LogP contribution in [0, 0.1) is 5.82 Å².